The van der Waals surface area contributed by atoms with Crippen LogP contribution in [0, 0.1) is 5.82 Å². The highest BCUT2D eigenvalue weighted by atomic mass is 35.5. The van der Waals surface area contributed by atoms with Gasteiger partial charge in [-0.25, -0.2) is 12.8 Å². The third-order valence-electron chi connectivity index (χ3n) is 6.15. The van der Waals surface area contributed by atoms with Crippen molar-refractivity contribution in [1.82, 2.24) is 10.2 Å². The van der Waals surface area contributed by atoms with Crippen LogP contribution in [0.15, 0.2) is 71.6 Å². The summed E-state index contributed by atoms with van der Waals surface area (Å²) >= 11 is 6.11. The number of hydrogen-bond acceptors (Lipinski definition) is 6. The summed E-state index contributed by atoms with van der Waals surface area (Å²) < 4.78 is 53.4. The zero-order valence-electron chi connectivity index (χ0n) is 21.3. The molecule has 1 atom stereocenters. The highest BCUT2D eigenvalue weighted by molar-refractivity contribution is 7.92. The molecule has 2 amide bonds. The molecule has 0 fully saturated rings. The van der Waals surface area contributed by atoms with Crippen molar-refractivity contribution in [3.8, 4) is 11.5 Å². The molecule has 0 spiro atoms. The number of sulfonamides is 1. The second-order valence-electron chi connectivity index (χ2n) is 8.74. The second kappa shape index (κ2) is 11.9. The van der Waals surface area contributed by atoms with Crippen molar-refractivity contribution >= 4 is 39.1 Å². The summed E-state index contributed by atoms with van der Waals surface area (Å²) in [5.74, 6) is -1.01. The smallest absolute Gasteiger partial charge is 0.264 e. The number of hydrogen-bond donors (Lipinski definition) is 1. The minimum absolute atomic E-state index is 0.00465. The van der Waals surface area contributed by atoms with Crippen molar-refractivity contribution in [2.24, 2.45) is 0 Å². The van der Waals surface area contributed by atoms with Crippen LogP contribution in [-0.2, 0) is 26.2 Å². The Bertz CT molecular complexity index is 1470. The van der Waals surface area contributed by atoms with Gasteiger partial charge in [0.25, 0.3) is 10.0 Å². The number of rotatable bonds is 9. The molecule has 0 bridgehead atoms. The van der Waals surface area contributed by atoms with Crippen LogP contribution in [-0.4, -0.2) is 58.0 Å². The molecular weight excluding hydrogens is 549 g/mol. The van der Waals surface area contributed by atoms with Gasteiger partial charge < -0.3 is 19.7 Å². The van der Waals surface area contributed by atoms with E-state index in [1.54, 1.807) is 31.2 Å². The lowest BCUT2D eigenvalue weighted by molar-refractivity contribution is -0.139. The SMILES string of the molecule is CNC(=O)[C@H](C)N(Cc1cccc(Cl)c1)C(=O)CN(c1ccc(F)cc1)S(=O)(=O)c1ccc2c(c1)OCCO2. The Morgan fingerprint density at radius 1 is 1.03 bits per heavy atom. The predicted octanol–water partition coefficient (Wildman–Crippen LogP) is 3.61. The fraction of sp³-hybridized carbons (Fsp3) is 0.259. The molecule has 4 rings (SSSR count). The summed E-state index contributed by atoms with van der Waals surface area (Å²) in [5.41, 5.74) is 0.713. The van der Waals surface area contributed by atoms with Crippen LogP contribution in [0.1, 0.15) is 12.5 Å². The van der Waals surface area contributed by atoms with E-state index in [1.165, 1.54) is 42.3 Å². The van der Waals surface area contributed by atoms with Crippen LogP contribution in [0.3, 0.4) is 0 Å². The van der Waals surface area contributed by atoms with Crippen molar-refractivity contribution in [3.63, 3.8) is 0 Å². The second-order valence-corrected chi connectivity index (χ2v) is 11.0. The Morgan fingerprint density at radius 3 is 2.38 bits per heavy atom. The molecule has 3 aromatic carbocycles. The first-order valence-electron chi connectivity index (χ1n) is 12.0. The number of benzene rings is 3. The lowest BCUT2D eigenvalue weighted by Crippen LogP contribution is -2.50. The minimum Gasteiger partial charge on any atom is -0.486 e. The number of likely N-dealkylation sites (N-methyl/N-ethyl adjacent to an activating group) is 1. The molecule has 0 radical (unpaired) electrons. The van der Waals surface area contributed by atoms with Gasteiger partial charge in [0.15, 0.2) is 11.5 Å². The maximum absolute atomic E-state index is 13.9. The molecule has 1 heterocycles. The molecule has 3 aromatic rings. The van der Waals surface area contributed by atoms with Crippen molar-refractivity contribution in [3.05, 3.63) is 83.1 Å². The van der Waals surface area contributed by atoms with Crippen molar-refractivity contribution in [2.45, 2.75) is 24.4 Å². The molecule has 1 aliphatic rings. The van der Waals surface area contributed by atoms with Crippen LogP contribution in [0.2, 0.25) is 5.02 Å². The quantitative estimate of drug-likeness (QED) is 0.418. The number of amides is 2. The molecule has 1 N–H and O–H groups in total. The third kappa shape index (κ3) is 6.43. The monoisotopic (exact) mass is 575 g/mol. The molecule has 0 aromatic heterocycles. The minimum atomic E-state index is -4.35. The number of carbonyl (C=O) groups is 2. The Hall–Kier alpha value is -3.83. The zero-order chi connectivity index (χ0) is 28.2. The van der Waals surface area contributed by atoms with E-state index in [0.717, 1.165) is 16.4 Å². The van der Waals surface area contributed by atoms with Gasteiger partial charge in [0.2, 0.25) is 11.8 Å². The molecule has 39 heavy (non-hydrogen) atoms. The predicted molar refractivity (Wildman–Crippen MR) is 144 cm³/mol. The maximum Gasteiger partial charge on any atom is 0.264 e. The van der Waals surface area contributed by atoms with Crippen LogP contribution in [0.25, 0.3) is 0 Å². The van der Waals surface area contributed by atoms with E-state index in [0.29, 0.717) is 22.9 Å². The van der Waals surface area contributed by atoms with E-state index < -0.39 is 40.2 Å². The molecule has 0 aliphatic carbocycles. The highest BCUT2D eigenvalue weighted by Crippen LogP contribution is 2.34. The van der Waals surface area contributed by atoms with E-state index in [-0.39, 0.29) is 29.5 Å². The van der Waals surface area contributed by atoms with Crippen LogP contribution in [0.4, 0.5) is 10.1 Å². The average molecular weight is 576 g/mol. The van der Waals surface area contributed by atoms with Crippen molar-refractivity contribution < 1.29 is 31.9 Å². The van der Waals surface area contributed by atoms with Gasteiger partial charge in [-0.2, -0.15) is 0 Å². The van der Waals surface area contributed by atoms with Gasteiger partial charge in [-0.05, 0) is 61.0 Å². The van der Waals surface area contributed by atoms with Gasteiger partial charge in [0, 0.05) is 24.7 Å². The topological polar surface area (TPSA) is 105 Å². The lowest BCUT2D eigenvalue weighted by atomic mass is 10.1. The van der Waals surface area contributed by atoms with Gasteiger partial charge in [-0.1, -0.05) is 23.7 Å². The molecule has 1 aliphatic heterocycles. The van der Waals surface area contributed by atoms with E-state index in [9.17, 15) is 22.4 Å². The van der Waals surface area contributed by atoms with Crippen molar-refractivity contribution in [1.29, 1.82) is 0 Å². The molecule has 0 unspecified atom stereocenters. The number of nitrogens with zero attached hydrogens (tertiary/aromatic N) is 2. The first-order chi connectivity index (χ1) is 18.6. The Morgan fingerprint density at radius 2 is 1.72 bits per heavy atom. The van der Waals surface area contributed by atoms with E-state index >= 15 is 0 Å². The van der Waals surface area contributed by atoms with Crippen LogP contribution in [0.5, 0.6) is 11.5 Å². The van der Waals surface area contributed by atoms with Gasteiger partial charge in [-0.15, -0.1) is 0 Å². The fourth-order valence-electron chi connectivity index (χ4n) is 4.07. The summed E-state index contributed by atoms with van der Waals surface area (Å²) in [4.78, 5) is 27.4. The average Bonchev–Trinajstić information content (AvgIpc) is 2.94. The largest absolute Gasteiger partial charge is 0.486 e. The molecule has 12 heteroatoms. The number of carbonyl (C=O) groups excluding carboxylic acids is 2. The molecule has 0 saturated carbocycles. The third-order valence-corrected chi connectivity index (χ3v) is 8.16. The summed E-state index contributed by atoms with van der Waals surface area (Å²) in [5, 5.41) is 2.96. The molecule has 9 nitrogen and oxygen atoms in total. The van der Waals surface area contributed by atoms with Gasteiger partial charge in [0.05, 0.1) is 10.6 Å². The first kappa shape index (κ1) is 28.2. The normalized spacial score (nSPS) is 13.3. The Balaban J connectivity index is 1.72. The first-order valence-corrected chi connectivity index (χ1v) is 13.9. The standard InChI is InChI=1S/C27H27ClFN3O6S/c1-18(27(34)30-2)31(16-19-4-3-5-20(28)14-19)26(33)17-32(22-8-6-21(29)7-9-22)39(35,36)23-10-11-24-25(15-23)38-13-12-37-24/h3-11,14-15,18H,12-13,16-17H2,1-2H3,(H,30,34)/t18-/m0/s1. The number of anilines is 1. The lowest BCUT2D eigenvalue weighted by Gasteiger charge is -2.32. The molecule has 206 valence electrons. The number of ether oxygens (including phenoxy) is 2. The summed E-state index contributed by atoms with van der Waals surface area (Å²) in [6.45, 7) is 1.46. The van der Waals surface area contributed by atoms with Gasteiger partial charge in [0.1, 0.15) is 31.6 Å². The summed E-state index contributed by atoms with van der Waals surface area (Å²) in [6.07, 6.45) is 0. The number of fused-ring (bicyclic) bond motifs is 1. The van der Waals surface area contributed by atoms with E-state index in [1.807, 2.05) is 0 Å². The van der Waals surface area contributed by atoms with Crippen LogP contribution >= 0.6 is 11.6 Å². The number of nitrogens with one attached hydrogen (secondary N) is 1. The zero-order valence-corrected chi connectivity index (χ0v) is 22.8. The van der Waals surface area contributed by atoms with Crippen LogP contribution < -0.4 is 19.1 Å². The highest BCUT2D eigenvalue weighted by Gasteiger charge is 2.33. The van der Waals surface area contributed by atoms with Gasteiger partial charge in [-0.3, -0.25) is 13.9 Å². The Labute approximate surface area is 231 Å². The summed E-state index contributed by atoms with van der Waals surface area (Å²) in [7, 11) is -2.91. The van der Waals surface area contributed by atoms with E-state index in [2.05, 4.69) is 5.32 Å². The maximum atomic E-state index is 13.9. The van der Waals surface area contributed by atoms with E-state index in [4.69, 9.17) is 21.1 Å². The Kier molecular flexibility index (Phi) is 8.61. The molecule has 0 saturated heterocycles. The van der Waals surface area contributed by atoms with Gasteiger partial charge >= 0.3 is 0 Å². The molecular formula is C27H27ClFN3O6S. The fourth-order valence-corrected chi connectivity index (χ4v) is 5.71. The number of halogens is 2. The van der Waals surface area contributed by atoms with Crippen molar-refractivity contribution in [2.75, 3.05) is 31.1 Å². The summed E-state index contributed by atoms with van der Waals surface area (Å²) in [6, 6.07) is 14.7.